The first-order valence-electron chi connectivity index (χ1n) is 10.8. The second-order valence-electron chi connectivity index (χ2n) is 8.03. The van der Waals surface area contributed by atoms with Crippen molar-refractivity contribution in [3.05, 3.63) is 81.0 Å². The van der Waals surface area contributed by atoms with Crippen LogP contribution < -0.4 is 15.6 Å². The monoisotopic (exact) mass is 471 g/mol. The standard InChI is InChI=1S/C25H27ClFN3O3/c1-4-5-21(31)12-18-14-28-25(29-20-10-11-23(22(27)13-20)33-16(2)3)30(24(18)32)15-17-6-8-19(26)9-7-17/h6-11,13-14,16H,4-5,12,15H2,1-3H3,(H,28,29). The molecule has 0 aliphatic heterocycles. The summed E-state index contributed by atoms with van der Waals surface area (Å²) in [6.07, 6.45) is 2.39. The average molecular weight is 472 g/mol. The highest BCUT2D eigenvalue weighted by atomic mass is 35.5. The van der Waals surface area contributed by atoms with Crippen molar-refractivity contribution >= 4 is 29.0 Å². The number of ether oxygens (including phenoxy) is 1. The molecule has 0 amide bonds. The van der Waals surface area contributed by atoms with E-state index in [-0.39, 0.29) is 42.1 Å². The van der Waals surface area contributed by atoms with Gasteiger partial charge in [0.15, 0.2) is 11.6 Å². The van der Waals surface area contributed by atoms with Crippen LogP contribution in [0.5, 0.6) is 5.75 Å². The van der Waals surface area contributed by atoms with Crippen molar-refractivity contribution in [2.24, 2.45) is 0 Å². The number of Topliss-reactive ketones (excluding diaryl/α,β-unsaturated/α-hetero) is 1. The molecule has 0 spiro atoms. The fourth-order valence-corrected chi connectivity index (χ4v) is 3.44. The zero-order chi connectivity index (χ0) is 24.0. The average Bonchev–Trinajstić information content (AvgIpc) is 2.76. The number of halogens is 2. The van der Waals surface area contributed by atoms with Crippen molar-refractivity contribution < 1.29 is 13.9 Å². The van der Waals surface area contributed by atoms with Crippen LogP contribution in [0.1, 0.15) is 44.7 Å². The molecule has 8 heteroatoms. The number of carbonyl (C=O) groups is 1. The predicted molar refractivity (Wildman–Crippen MR) is 128 cm³/mol. The van der Waals surface area contributed by atoms with Gasteiger partial charge in [0.05, 0.1) is 12.6 Å². The van der Waals surface area contributed by atoms with E-state index >= 15 is 0 Å². The number of ketones is 1. The van der Waals surface area contributed by atoms with E-state index in [9.17, 15) is 14.0 Å². The summed E-state index contributed by atoms with van der Waals surface area (Å²) in [5, 5.41) is 3.60. The molecule has 0 fully saturated rings. The number of hydrogen-bond donors (Lipinski definition) is 1. The van der Waals surface area contributed by atoms with Gasteiger partial charge in [-0.3, -0.25) is 14.2 Å². The summed E-state index contributed by atoms with van der Waals surface area (Å²) in [4.78, 5) is 29.8. The summed E-state index contributed by atoms with van der Waals surface area (Å²) >= 11 is 5.98. The van der Waals surface area contributed by atoms with Gasteiger partial charge < -0.3 is 10.1 Å². The topological polar surface area (TPSA) is 73.2 Å². The second-order valence-corrected chi connectivity index (χ2v) is 8.46. The van der Waals surface area contributed by atoms with E-state index < -0.39 is 5.82 Å². The van der Waals surface area contributed by atoms with Gasteiger partial charge in [-0.15, -0.1) is 0 Å². The molecule has 2 aromatic carbocycles. The minimum Gasteiger partial charge on any atom is -0.488 e. The molecule has 0 bridgehead atoms. The summed E-state index contributed by atoms with van der Waals surface area (Å²) in [6.45, 7) is 5.76. The molecule has 3 aromatic rings. The van der Waals surface area contributed by atoms with Crippen molar-refractivity contribution in [2.45, 2.75) is 52.7 Å². The van der Waals surface area contributed by atoms with Crippen LogP contribution in [0.3, 0.4) is 0 Å². The molecule has 0 saturated heterocycles. The predicted octanol–water partition coefficient (Wildman–Crippen LogP) is 5.53. The Balaban J connectivity index is 1.96. The third-order valence-electron chi connectivity index (χ3n) is 4.84. The quantitative estimate of drug-likeness (QED) is 0.421. The van der Waals surface area contributed by atoms with E-state index in [4.69, 9.17) is 16.3 Å². The third kappa shape index (κ3) is 6.65. The summed E-state index contributed by atoms with van der Waals surface area (Å²) in [7, 11) is 0. The van der Waals surface area contributed by atoms with Gasteiger partial charge in [-0.05, 0) is 50.1 Å². The lowest BCUT2D eigenvalue weighted by molar-refractivity contribution is -0.118. The molecule has 1 heterocycles. The Hall–Kier alpha value is -3.19. The number of carbonyl (C=O) groups excluding carboxylic acids is 1. The molecule has 0 unspecified atom stereocenters. The van der Waals surface area contributed by atoms with Crippen LogP contribution in [-0.4, -0.2) is 21.4 Å². The van der Waals surface area contributed by atoms with E-state index in [0.717, 1.165) is 5.56 Å². The molecule has 0 aliphatic carbocycles. The van der Waals surface area contributed by atoms with Gasteiger partial charge in [-0.25, -0.2) is 9.37 Å². The smallest absolute Gasteiger partial charge is 0.258 e. The number of nitrogens with zero attached hydrogens (tertiary/aromatic N) is 2. The van der Waals surface area contributed by atoms with Crippen molar-refractivity contribution in [1.82, 2.24) is 9.55 Å². The molecule has 1 aromatic heterocycles. The molecule has 0 aliphatic rings. The maximum Gasteiger partial charge on any atom is 0.258 e. The number of rotatable bonds is 10. The summed E-state index contributed by atoms with van der Waals surface area (Å²) in [5.41, 5.74) is 1.23. The van der Waals surface area contributed by atoms with Gasteiger partial charge in [-0.1, -0.05) is 30.7 Å². The van der Waals surface area contributed by atoms with Gasteiger partial charge >= 0.3 is 0 Å². The van der Waals surface area contributed by atoms with Gasteiger partial charge in [0, 0.05) is 41.4 Å². The molecule has 0 saturated carbocycles. The molecule has 0 radical (unpaired) electrons. The number of benzene rings is 2. The molecule has 6 nitrogen and oxygen atoms in total. The first-order chi connectivity index (χ1) is 15.8. The van der Waals surface area contributed by atoms with Gasteiger partial charge in [0.2, 0.25) is 5.95 Å². The number of hydrogen-bond acceptors (Lipinski definition) is 5. The lowest BCUT2D eigenvalue weighted by Crippen LogP contribution is -2.28. The van der Waals surface area contributed by atoms with Gasteiger partial charge in [-0.2, -0.15) is 0 Å². The summed E-state index contributed by atoms with van der Waals surface area (Å²) < 4.78 is 21.3. The van der Waals surface area contributed by atoms with Crippen molar-refractivity contribution in [1.29, 1.82) is 0 Å². The Morgan fingerprint density at radius 1 is 1.21 bits per heavy atom. The first kappa shape index (κ1) is 24.5. The van der Waals surface area contributed by atoms with Gasteiger partial charge in [0.25, 0.3) is 5.56 Å². The van der Waals surface area contributed by atoms with Crippen LogP contribution in [0, 0.1) is 5.82 Å². The maximum absolute atomic E-state index is 14.5. The third-order valence-corrected chi connectivity index (χ3v) is 5.09. The zero-order valence-corrected chi connectivity index (χ0v) is 19.7. The van der Waals surface area contributed by atoms with E-state index in [2.05, 4.69) is 10.3 Å². The summed E-state index contributed by atoms with van der Waals surface area (Å²) in [5.74, 6) is -0.162. The second kappa shape index (κ2) is 11.1. The molecule has 3 rings (SSSR count). The van der Waals surface area contributed by atoms with E-state index in [1.54, 1.807) is 18.2 Å². The minimum atomic E-state index is -0.526. The van der Waals surface area contributed by atoms with Crippen LogP contribution in [0.15, 0.2) is 53.5 Å². The highest BCUT2D eigenvalue weighted by Crippen LogP contribution is 2.24. The Morgan fingerprint density at radius 3 is 2.58 bits per heavy atom. The first-order valence-corrected chi connectivity index (χ1v) is 11.2. The van der Waals surface area contributed by atoms with Crippen molar-refractivity contribution in [3.63, 3.8) is 0 Å². The number of anilines is 2. The normalized spacial score (nSPS) is 11.0. The molecule has 1 N–H and O–H groups in total. The van der Waals surface area contributed by atoms with E-state index in [1.807, 2.05) is 32.9 Å². The van der Waals surface area contributed by atoms with Crippen LogP contribution >= 0.6 is 11.6 Å². The van der Waals surface area contributed by atoms with Crippen LogP contribution in [0.4, 0.5) is 16.0 Å². The highest BCUT2D eigenvalue weighted by molar-refractivity contribution is 6.30. The number of aromatic nitrogens is 2. The fourth-order valence-electron chi connectivity index (χ4n) is 3.31. The Labute approximate surface area is 197 Å². The van der Waals surface area contributed by atoms with Crippen LogP contribution in [0.2, 0.25) is 5.02 Å². The largest absolute Gasteiger partial charge is 0.488 e. The fraction of sp³-hybridized carbons (Fsp3) is 0.320. The molecular weight excluding hydrogens is 445 g/mol. The lowest BCUT2D eigenvalue weighted by atomic mass is 10.1. The van der Waals surface area contributed by atoms with Crippen LogP contribution in [0.25, 0.3) is 0 Å². The molecule has 174 valence electrons. The molecular formula is C25H27ClFN3O3. The molecule has 33 heavy (non-hydrogen) atoms. The Morgan fingerprint density at radius 2 is 1.94 bits per heavy atom. The zero-order valence-electron chi connectivity index (χ0n) is 18.9. The van der Waals surface area contributed by atoms with Crippen molar-refractivity contribution in [3.8, 4) is 5.75 Å². The number of nitrogens with one attached hydrogen (secondary N) is 1. The highest BCUT2D eigenvalue weighted by Gasteiger charge is 2.15. The Bertz CT molecular complexity index is 1180. The summed E-state index contributed by atoms with van der Waals surface area (Å²) in [6, 6.07) is 11.6. The minimum absolute atomic E-state index is 0.0158. The molecule has 0 atom stereocenters. The van der Waals surface area contributed by atoms with Gasteiger partial charge in [0.1, 0.15) is 5.78 Å². The maximum atomic E-state index is 14.5. The lowest BCUT2D eigenvalue weighted by Gasteiger charge is -2.16. The SMILES string of the molecule is CCCC(=O)Cc1cnc(Nc2ccc(OC(C)C)c(F)c2)n(Cc2ccc(Cl)cc2)c1=O. The Kier molecular flexibility index (Phi) is 8.22. The van der Waals surface area contributed by atoms with E-state index in [1.165, 1.54) is 22.9 Å². The van der Waals surface area contributed by atoms with E-state index in [0.29, 0.717) is 29.1 Å². The van der Waals surface area contributed by atoms with Crippen molar-refractivity contribution in [2.75, 3.05) is 5.32 Å². The van der Waals surface area contributed by atoms with Crippen LogP contribution in [-0.2, 0) is 17.8 Å².